The standard InChI is InChI=1S/C18H24N4O2/c1-13(23)17-12-22(20-19-17)16-10-21(11-16)7-2-3-14-4-5-18-15(9-14)6-8-24-18/h4-5,9,12-13,16,23H,2-3,6-8,10-11H2,1H3. The molecule has 1 aromatic heterocycles. The summed E-state index contributed by atoms with van der Waals surface area (Å²) >= 11 is 0. The quantitative estimate of drug-likeness (QED) is 0.875. The zero-order chi connectivity index (χ0) is 16.5. The topological polar surface area (TPSA) is 63.4 Å². The second-order valence-electron chi connectivity index (χ2n) is 6.86. The second-order valence-corrected chi connectivity index (χ2v) is 6.86. The Hall–Kier alpha value is -1.92. The number of nitrogens with zero attached hydrogens (tertiary/aromatic N) is 4. The Kier molecular flexibility index (Phi) is 4.24. The van der Waals surface area contributed by atoms with E-state index in [-0.39, 0.29) is 0 Å². The molecule has 4 rings (SSSR count). The maximum atomic E-state index is 9.51. The number of aliphatic hydroxyl groups is 1. The highest BCUT2D eigenvalue weighted by Gasteiger charge is 2.28. The number of likely N-dealkylation sites (tertiary alicyclic amines) is 1. The summed E-state index contributed by atoms with van der Waals surface area (Å²) in [4.78, 5) is 2.45. The van der Waals surface area contributed by atoms with Gasteiger partial charge in [-0.1, -0.05) is 17.3 Å². The molecular weight excluding hydrogens is 304 g/mol. The summed E-state index contributed by atoms with van der Waals surface area (Å²) in [5, 5.41) is 17.6. The molecule has 6 heteroatoms. The highest BCUT2D eigenvalue weighted by molar-refractivity contribution is 5.39. The molecule has 0 amide bonds. The van der Waals surface area contributed by atoms with Crippen molar-refractivity contribution in [3.63, 3.8) is 0 Å². The number of aryl methyl sites for hydroxylation is 1. The van der Waals surface area contributed by atoms with Gasteiger partial charge in [0.2, 0.25) is 0 Å². The molecule has 1 N–H and O–H groups in total. The lowest BCUT2D eigenvalue weighted by molar-refractivity contribution is 0.0961. The third-order valence-electron chi connectivity index (χ3n) is 4.96. The number of fused-ring (bicyclic) bond motifs is 1. The summed E-state index contributed by atoms with van der Waals surface area (Å²) in [5.41, 5.74) is 3.42. The highest BCUT2D eigenvalue weighted by Crippen LogP contribution is 2.27. The molecule has 0 bridgehead atoms. The Morgan fingerprint density at radius 2 is 2.25 bits per heavy atom. The van der Waals surface area contributed by atoms with Crippen LogP contribution in [-0.2, 0) is 12.8 Å². The number of benzene rings is 1. The van der Waals surface area contributed by atoms with Gasteiger partial charge in [-0.25, -0.2) is 4.68 Å². The van der Waals surface area contributed by atoms with Gasteiger partial charge in [0.1, 0.15) is 11.4 Å². The molecule has 1 aromatic carbocycles. The van der Waals surface area contributed by atoms with Crippen LogP contribution in [0.15, 0.2) is 24.4 Å². The van der Waals surface area contributed by atoms with Gasteiger partial charge in [-0.3, -0.25) is 4.90 Å². The van der Waals surface area contributed by atoms with Crippen LogP contribution >= 0.6 is 0 Å². The van der Waals surface area contributed by atoms with Gasteiger partial charge in [0, 0.05) is 19.5 Å². The van der Waals surface area contributed by atoms with Crippen LogP contribution in [0.3, 0.4) is 0 Å². The molecule has 2 aliphatic heterocycles. The monoisotopic (exact) mass is 328 g/mol. The lowest BCUT2D eigenvalue weighted by Crippen LogP contribution is -2.48. The van der Waals surface area contributed by atoms with E-state index in [9.17, 15) is 5.11 Å². The smallest absolute Gasteiger partial charge is 0.122 e. The number of aromatic nitrogens is 3. The second kappa shape index (κ2) is 6.53. The van der Waals surface area contributed by atoms with E-state index in [1.54, 1.807) is 6.92 Å². The summed E-state index contributed by atoms with van der Waals surface area (Å²) in [5.74, 6) is 1.06. The maximum Gasteiger partial charge on any atom is 0.122 e. The Morgan fingerprint density at radius 1 is 1.38 bits per heavy atom. The first-order valence-corrected chi connectivity index (χ1v) is 8.76. The average molecular weight is 328 g/mol. The van der Waals surface area contributed by atoms with E-state index < -0.39 is 6.10 Å². The normalized spacial score (nSPS) is 18.9. The fourth-order valence-electron chi connectivity index (χ4n) is 3.46. The number of aliphatic hydroxyl groups excluding tert-OH is 1. The predicted molar refractivity (Wildman–Crippen MR) is 90.1 cm³/mol. The highest BCUT2D eigenvalue weighted by atomic mass is 16.5. The van der Waals surface area contributed by atoms with Crippen molar-refractivity contribution in [1.82, 2.24) is 19.9 Å². The minimum Gasteiger partial charge on any atom is -0.493 e. The van der Waals surface area contributed by atoms with E-state index >= 15 is 0 Å². The van der Waals surface area contributed by atoms with Gasteiger partial charge in [-0.05, 0) is 43.5 Å². The summed E-state index contributed by atoms with van der Waals surface area (Å²) < 4.78 is 7.44. The molecular formula is C18H24N4O2. The number of hydrogen-bond donors (Lipinski definition) is 1. The van der Waals surface area contributed by atoms with Crippen molar-refractivity contribution in [3.05, 3.63) is 41.2 Å². The van der Waals surface area contributed by atoms with Gasteiger partial charge < -0.3 is 9.84 Å². The van der Waals surface area contributed by atoms with Crippen LogP contribution in [0.4, 0.5) is 0 Å². The summed E-state index contributed by atoms with van der Waals surface area (Å²) in [6, 6.07) is 6.99. The van der Waals surface area contributed by atoms with Crippen LogP contribution < -0.4 is 4.74 Å². The molecule has 24 heavy (non-hydrogen) atoms. The van der Waals surface area contributed by atoms with Crippen LogP contribution in [0.25, 0.3) is 0 Å². The largest absolute Gasteiger partial charge is 0.493 e. The molecule has 1 saturated heterocycles. The van der Waals surface area contributed by atoms with Crippen molar-refractivity contribution in [2.45, 2.75) is 38.3 Å². The van der Waals surface area contributed by atoms with Crippen LogP contribution in [-0.4, -0.2) is 51.2 Å². The predicted octanol–water partition coefficient (Wildman–Crippen LogP) is 1.76. The molecule has 6 nitrogen and oxygen atoms in total. The molecule has 0 aliphatic carbocycles. The Morgan fingerprint density at radius 3 is 3.04 bits per heavy atom. The van der Waals surface area contributed by atoms with Crippen LogP contribution in [0, 0.1) is 0 Å². The summed E-state index contributed by atoms with van der Waals surface area (Å²) in [6.45, 7) is 5.68. The zero-order valence-electron chi connectivity index (χ0n) is 14.1. The van der Waals surface area contributed by atoms with Crippen molar-refractivity contribution in [1.29, 1.82) is 0 Å². The van der Waals surface area contributed by atoms with Crippen molar-refractivity contribution in [2.24, 2.45) is 0 Å². The van der Waals surface area contributed by atoms with E-state index in [0.717, 1.165) is 44.8 Å². The molecule has 2 aliphatic rings. The van der Waals surface area contributed by atoms with Gasteiger partial charge in [0.05, 0.1) is 24.9 Å². The van der Waals surface area contributed by atoms with Gasteiger partial charge >= 0.3 is 0 Å². The van der Waals surface area contributed by atoms with E-state index in [0.29, 0.717) is 11.7 Å². The number of rotatable bonds is 6. The maximum absolute atomic E-state index is 9.51. The van der Waals surface area contributed by atoms with Gasteiger partial charge in [-0.2, -0.15) is 0 Å². The lowest BCUT2D eigenvalue weighted by Gasteiger charge is -2.38. The Bertz CT molecular complexity index is 707. The third kappa shape index (κ3) is 3.16. The van der Waals surface area contributed by atoms with E-state index in [1.807, 2.05) is 10.9 Å². The first kappa shape index (κ1) is 15.6. The van der Waals surface area contributed by atoms with Gasteiger partial charge in [-0.15, -0.1) is 5.10 Å². The summed E-state index contributed by atoms with van der Waals surface area (Å²) in [6.07, 6.45) is 4.64. The van der Waals surface area contributed by atoms with Crippen LogP contribution in [0.5, 0.6) is 5.75 Å². The van der Waals surface area contributed by atoms with E-state index in [2.05, 4.69) is 33.4 Å². The molecule has 2 aromatic rings. The fourth-order valence-corrected chi connectivity index (χ4v) is 3.46. The van der Waals surface area contributed by atoms with Crippen molar-refractivity contribution in [2.75, 3.05) is 26.2 Å². The molecule has 1 atom stereocenters. The summed E-state index contributed by atoms with van der Waals surface area (Å²) in [7, 11) is 0. The first-order chi connectivity index (χ1) is 11.7. The molecule has 0 radical (unpaired) electrons. The van der Waals surface area contributed by atoms with Gasteiger partial charge in [0.15, 0.2) is 0 Å². The Balaban J connectivity index is 1.21. The van der Waals surface area contributed by atoms with Crippen molar-refractivity contribution < 1.29 is 9.84 Å². The fraction of sp³-hybridized carbons (Fsp3) is 0.556. The minimum absolute atomic E-state index is 0.391. The third-order valence-corrected chi connectivity index (χ3v) is 4.96. The van der Waals surface area contributed by atoms with Crippen molar-refractivity contribution >= 4 is 0 Å². The molecule has 128 valence electrons. The molecule has 0 saturated carbocycles. The average Bonchev–Trinajstić information content (AvgIpc) is 3.17. The lowest BCUT2D eigenvalue weighted by atomic mass is 10.0. The van der Waals surface area contributed by atoms with Crippen molar-refractivity contribution in [3.8, 4) is 5.75 Å². The molecule has 0 spiro atoms. The van der Waals surface area contributed by atoms with Crippen LogP contribution in [0.1, 0.15) is 42.3 Å². The molecule has 1 fully saturated rings. The van der Waals surface area contributed by atoms with Crippen LogP contribution in [0.2, 0.25) is 0 Å². The molecule has 3 heterocycles. The minimum atomic E-state index is -0.548. The SMILES string of the molecule is CC(O)c1cn(C2CN(CCCc3ccc4c(c3)CCO4)C2)nn1. The number of hydrogen-bond acceptors (Lipinski definition) is 5. The van der Waals surface area contributed by atoms with E-state index in [1.165, 1.54) is 17.5 Å². The zero-order valence-corrected chi connectivity index (χ0v) is 14.1. The first-order valence-electron chi connectivity index (χ1n) is 8.76. The van der Waals surface area contributed by atoms with Gasteiger partial charge in [0.25, 0.3) is 0 Å². The Labute approximate surface area is 142 Å². The number of ether oxygens (including phenoxy) is 1. The molecule has 1 unspecified atom stereocenters. The van der Waals surface area contributed by atoms with E-state index in [4.69, 9.17) is 4.74 Å².